The minimum absolute atomic E-state index is 0.184. The van der Waals surface area contributed by atoms with Gasteiger partial charge in [-0.05, 0) is 31.5 Å². The number of hydrogen-bond donors (Lipinski definition) is 2. The van der Waals surface area contributed by atoms with Gasteiger partial charge in [0.1, 0.15) is 5.52 Å². The number of carbonyl (C=O) groups is 1. The van der Waals surface area contributed by atoms with Gasteiger partial charge in [0.15, 0.2) is 5.58 Å². The predicted molar refractivity (Wildman–Crippen MR) is 73.0 cm³/mol. The lowest BCUT2D eigenvalue weighted by Crippen LogP contribution is -2.23. The summed E-state index contributed by atoms with van der Waals surface area (Å²) in [6.45, 7) is 3.28. The second kappa shape index (κ2) is 4.79. The highest BCUT2D eigenvalue weighted by atomic mass is 16.4. The topological polar surface area (TPSA) is 86.8 Å². The average Bonchev–Trinajstić information content (AvgIpc) is 3.04. The van der Waals surface area contributed by atoms with E-state index in [0.29, 0.717) is 23.7 Å². The number of nitrogens with zero attached hydrogens (tertiary/aromatic N) is 2. The Bertz CT molecular complexity index is 650. The number of anilines is 1. The van der Waals surface area contributed by atoms with Gasteiger partial charge in [0, 0.05) is 19.0 Å². The second-order valence-electron chi connectivity index (χ2n) is 5.22. The highest BCUT2D eigenvalue weighted by Crippen LogP contribution is 2.28. The molecule has 2 aromatic rings. The van der Waals surface area contributed by atoms with Gasteiger partial charge in [0.2, 0.25) is 0 Å². The third kappa shape index (κ3) is 2.22. The van der Waals surface area contributed by atoms with Crippen LogP contribution in [0.1, 0.15) is 23.7 Å². The van der Waals surface area contributed by atoms with Crippen molar-refractivity contribution in [3.8, 4) is 0 Å². The molecule has 2 heterocycles. The third-order valence-electron chi connectivity index (χ3n) is 3.80. The first-order chi connectivity index (χ1) is 9.54. The molecule has 2 unspecified atom stereocenters. The molecule has 1 aliphatic heterocycles. The van der Waals surface area contributed by atoms with Gasteiger partial charge in [0.25, 0.3) is 6.01 Å². The van der Waals surface area contributed by atoms with Crippen LogP contribution in [0.5, 0.6) is 0 Å². The SMILES string of the molecule is CC(O)C1CCN(c2nc3ccc(C(=O)O)cc3o2)C1. The van der Waals surface area contributed by atoms with Crippen LogP contribution in [0.15, 0.2) is 22.6 Å². The molecule has 1 aromatic heterocycles. The van der Waals surface area contributed by atoms with Gasteiger partial charge in [0.05, 0.1) is 11.7 Å². The van der Waals surface area contributed by atoms with E-state index in [1.54, 1.807) is 13.0 Å². The van der Waals surface area contributed by atoms with E-state index in [2.05, 4.69) is 4.98 Å². The minimum atomic E-state index is -0.986. The van der Waals surface area contributed by atoms with Gasteiger partial charge >= 0.3 is 5.97 Å². The van der Waals surface area contributed by atoms with E-state index in [1.165, 1.54) is 12.1 Å². The Morgan fingerprint density at radius 1 is 1.55 bits per heavy atom. The molecule has 1 fully saturated rings. The van der Waals surface area contributed by atoms with E-state index in [4.69, 9.17) is 9.52 Å². The van der Waals surface area contributed by atoms with Crippen LogP contribution in [0.3, 0.4) is 0 Å². The molecule has 1 aliphatic rings. The van der Waals surface area contributed by atoms with Crippen molar-refractivity contribution in [2.45, 2.75) is 19.4 Å². The monoisotopic (exact) mass is 276 g/mol. The van der Waals surface area contributed by atoms with Crippen LogP contribution < -0.4 is 4.90 Å². The van der Waals surface area contributed by atoms with Crippen LogP contribution in [-0.4, -0.2) is 40.4 Å². The van der Waals surface area contributed by atoms with Crippen LogP contribution in [0.2, 0.25) is 0 Å². The third-order valence-corrected chi connectivity index (χ3v) is 3.80. The zero-order valence-electron chi connectivity index (χ0n) is 11.1. The summed E-state index contributed by atoms with van der Waals surface area (Å²) in [6, 6.07) is 5.13. The molecular weight excluding hydrogens is 260 g/mol. The van der Waals surface area contributed by atoms with E-state index < -0.39 is 5.97 Å². The Labute approximate surface area is 115 Å². The summed E-state index contributed by atoms with van der Waals surface area (Å²) in [5, 5.41) is 18.6. The van der Waals surface area contributed by atoms with Crippen molar-refractivity contribution in [1.82, 2.24) is 4.98 Å². The Morgan fingerprint density at radius 3 is 3.00 bits per heavy atom. The molecule has 0 radical (unpaired) electrons. The maximum atomic E-state index is 10.9. The first kappa shape index (κ1) is 12.9. The Balaban J connectivity index is 1.88. The van der Waals surface area contributed by atoms with Crippen LogP contribution >= 0.6 is 0 Å². The normalized spacial score (nSPS) is 20.5. The Morgan fingerprint density at radius 2 is 2.35 bits per heavy atom. The molecule has 2 N–H and O–H groups in total. The zero-order valence-corrected chi connectivity index (χ0v) is 11.1. The molecule has 1 aromatic carbocycles. The molecule has 6 heteroatoms. The molecule has 0 saturated carbocycles. The summed E-state index contributed by atoms with van der Waals surface area (Å²) >= 11 is 0. The maximum absolute atomic E-state index is 10.9. The number of aromatic nitrogens is 1. The van der Waals surface area contributed by atoms with Gasteiger partial charge in [-0.15, -0.1) is 0 Å². The summed E-state index contributed by atoms with van der Waals surface area (Å²) < 4.78 is 5.64. The van der Waals surface area contributed by atoms with Gasteiger partial charge in [-0.25, -0.2) is 4.79 Å². The van der Waals surface area contributed by atoms with E-state index in [1.807, 2.05) is 4.90 Å². The van der Waals surface area contributed by atoms with Gasteiger partial charge in [-0.2, -0.15) is 4.98 Å². The highest BCUT2D eigenvalue weighted by molar-refractivity contribution is 5.92. The van der Waals surface area contributed by atoms with Crippen molar-refractivity contribution >= 4 is 23.1 Å². The van der Waals surface area contributed by atoms with Crippen LogP contribution in [0, 0.1) is 5.92 Å². The lowest BCUT2D eigenvalue weighted by molar-refractivity contribution is 0.0697. The minimum Gasteiger partial charge on any atom is -0.478 e. The number of fused-ring (bicyclic) bond motifs is 1. The molecule has 1 saturated heterocycles. The van der Waals surface area contributed by atoms with Crippen LogP contribution in [-0.2, 0) is 0 Å². The van der Waals surface area contributed by atoms with E-state index in [9.17, 15) is 9.90 Å². The van der Waals surface area contributed by atoms with Crippen molar-refractivity contribution in [1.29, 1.82) is 0 Å². The molecule has 0 aliphatic carbocycles. The Hall–Kier alpha value is -2.08. The number of oxazole rings is 1. The van der Waals surface area contributed by atoms with Crippen molar-refractivity contribution in [2.75, 3.05) is 18.0 Å². The van der Waals surface area contributed by atoms with E-state index >= 15 is 0 Å². The second-order valence-corrected chi connectivity index (χ2v) is 5.22. The summed E-state index contributed by atoms with van der Waals surface area (Å²) in [5.41, 5.74) is 1.30. The van der Waals surface area contributed by atoms with Gasteiger partial charge in [-0.1, -0.05) is 0 Å². The fourth-order valence-corrected chi connectivity index (χ4v) is 2.54. The number of benzene rings is 1. The van der Waals surface area contributed by atoms with Gasteiger partial charge < -0.3 is 19.5 Å². The predicted octanol–water partition coefficient (Wildman–Crippen LogP) is 1.73. The summed E-state index contributed by atoms with van der Waals surface area (Å²) in [5.74, 6) is -0.764. The molecular formula is C14H16N2O4. The number of hydrogen-bond acceptors (Lipinski definition) is 5. The number of aliphatic hydroxyl groups is 1. The van der Waals surface area contributed by atoms with Crippen molar-refractivity contribution in [3.63, 3.8) is 0 Å². The lowest BCUT2D eigenvalue weighted by Gasteiger charge is -2.15. The number of aliphatic hydroxyl groups excluding tert-OH is 1. The largest absolute Gasteiger partial charge is 0.478 e. The van der Waals surface area contributed by atoms with E-state index in [0.717, 1.165) is 13.0 Å². The maximum Gasteiger partial charge on any atom is 0.335 e. The molecule has 2 atom stereocenters. The van der Waals surface area contributed by atoms with Gasteiger partial charge in [-0.3, -0.25) is 0 Å². The molecule has 106 valence electrons. The number of aromatic carboxylic acids is 1. The summed E-state index contributed by atoms with van der Waals surface area (Å²) in [7, 11) is 0. The summed E-state index contributed by atoms with van der Waals surface area (Å²) in [6.07, 6.45) is 0.555. The fraction of sp³-hybridized carbons (Fsp3) is 0.429. The Kier molecular flexibility index (Phi) is 3.10. The van der Waals surface area contributed by atoms with Crippen LogP contribution in [0.4, 0.5) is 6.01 Å². The number of carboxylic acid groups (broad SMARTS) is 1. The lowest BCUT2D eigenvalue weighted by atomic mass is 10.0. The quantitative estimate of drug-likeness (QED) is 0.887. The molecule has 0 amide bonds. The molecule has 0 spiro atoms. The molecule has 0 bridgehead atoms. The zero-order chi connectivity index (χ0) is 14.3. The highest BCUT2D eigenvalue weighted by Gasteiger charge is 2.28. The van der Waals surface area contributed by atoms with E-state index in [-0.39, 0.29) is 17.6 Å². The average molecular weight is 276 g/mol. The first-order valence-electron chi connectivity index (χ1n) is 6.61. The van der Waals surface area contributed by atoms with Crippen molar-refractivity contribution in [2.24, 2.45) is 5.92 Å². The molecule has 6 nitrogen and oxygen atoms in total. The number of rotatable bonds is 3. The first-order valence-corrected chi connectivity index (χ1v) is 6.61. The molecule has 20 heavy (non-hydrogen) atoms. The van der Waals surface area contributed by atoms with Crippen molar-refractivity contribution in [3.05, 3.63) is 23.8 Å². The molecule has 3 rings (SSSR count). The fourth-order valence-electron chi connectivity index (χ4n) is 2.54. The van der Waals surface area contributed by atoms with Crippen LogP contribution in [0.25, 0.3) is 11.1 Å². The number of carboxylic acids is 1. The standard InChI is InChI=1S/C14H16N2O4/c1-8(17)10-4-5-16(7-10)14-15-11-3-2-9(13(18)19)6-12(11)20-14/h2-3,6,8,10,17H,4-5,7H2,1H3,(H,18,19). The summed E-state index contributed by atoms with van der Waals surface area (Å²) in [4.78, 5) is 17.3. The van der Waals surface area contributed by atoms with Crippen molar-refractivity contribution < 1.29 is 19.4 Å². The smallest absolute Gasteiger partial charge is 0.335 e.